The summed E-state index contributed by atoms with van der Waals surface area (Å²) in [7, 11) is 3.06. The molecule has 0 radical (unpaired) electrons. The van der Waals surface area contributed by atoms with Crippen molar-refractivity contribution in [3.05, 3.63) is 40.7 Å². The zero-order valence-corrected chi connectivity index (χ0v) is 9.97. The Balaban J connectivity index is 2.56. The molecule has 0 atom stereocenters. The number of methoxy groups -OCH3 is 2. The number of hydrogen-bond donors (Lipinski definition) is 1. The lowest BCUT2D eigenvalue weighted by molar-refractivity contribution is -0.384. The number of hydrogen-bond acceptors (Lipinski definition) is 4. The van der Waals surface area contributed by atoms with Gasteiger partial charge in [0.05, 0.1) is 30.9 Å². The van der Waals surface area contributed by atoms with Gasteiger partial charge in [0.25, 0.3) is 5.69 Å². The maximum absolute atomic E-state index is 10.9. The molecule has 0 aliphatic carbocycles. The first-order valence-corrected chi connectivity index (χ1v) is 5.21. The normalized spacial score (nSPS) is 10.1. The highest BCUT2D eigenvalue weighted by Crippen LogP contribution is 2.37. The SMILES string of the molecule is COc1ccc(-c2c[nH]cc2[N+](=O)[O-])c(OC)c1. The van der Waals surface area contributed by atoms with E-state index < -0.39 is 4.92 Å². The van der Waals surface area contributed by atoms with Crippen molar-refractivity contribution in [1.29, 1.82) is 0 Å². The van der Waals surface area contributed by atoms with Crippen molar-refractivity contribution in [2.75, 3.05) is 14.2 Å². The fraction of sp³-hybridized carbons (Fsp3) is 0.167. The van der Waals surface area contributed by atoms with Crippen LogP contribution < -0.4 is 9.47 Å². The van der Waals surface area contributed by atoms with Gasteiger partial charge in [-0.15, -0.1) is 0 Å². The van der Waals surface area contributed by atoms with Crippen LogP contribution in [0.1, 0.15) is 0 Å². The zero-order chi connectivity index (χ0) is 13.1. The summed E-state index contributed by atoms with van der Waals surface area (Å²) in [5.74, 6) is 1.16. The molecule has 1 aromatic carbocycles. The van der Waals surface area contributed by atoms with Gasteiger partial charge < -0.3 is 14.5 Å². The zero-order valence-electron chi connectivity index (χ0n) is 9.97. The van der Waals surface area contributed by atoms with Crippen molar-refractivity contribution in [2.24, 2.45) is 0 Å². The van der Waals surface area contributed by atoms with Crippen LogP contribution >= 0.6 is 0 Å². The molecule has 0 unspecified atom stereocenters. The minimum atomic E-state index is -0.435. The van der Waals surface area contributed by atoms with Gasteiger partial charge in [-0.1, -0.05) is 0 Å². The highest BCUT2D eigenvalue weighted by molar-refractivity contribution is 5.78. The van der Waals surface area contributed by atoms with Gasteiger partial charge in [-0.3, -0.25) is 10.1 Å². The van der Waals surface area contributed by atoms with Crippen molar-refractivity contribution in [3.8, 4) is 22.6 Å². The first-order valence-electron chi connectivity index (χ1n) is 5.21. The molecule has 0 spiro atoms. The van der Waals surface area contributed by atoms with Crippen LogP contribution in [0.3, 0.4) is 0 Å². The predicted octanol–water partition coefficient (Wildman–Crippen LogP) is 2.61. The second-order valence-corrected chi connectivity index (χ2v) is 3.58. The van der Waals surface area contributed by atoms with Crippen molar-refractivity contribution < 1.29 is 14.4 Å². The molecule has 1 N–H and O–H groups in total. The quantitative estimate of drug-likeness (QED) is 0.666. The van der Waals surface area contributed by atoms with Crippen molar-refractivity contribution >= 4 is 5.69 Å². The number of nitrogens with one attached hydrogen (secondary N) is 1. The van der Waals surface area contributed by atoms with Gasteiger partial charge in [0.15, 0.2) is 0 Å². The Hall–Kier alpha value is -2.50. The summed E-state index contributed by atoms with van der Waals surface area (Å²) in [5.41, 5.74) is 1.14. The molecule has 18 heavy (non-hydrogen) atoms. The van der Waals surface area contributed by atoms with E-state index in [1.165, 1.54) is 13.3 Å². The minimum absolute atomic E-state index is 0.0125. The molecule has 1 aromatic heterocycles. The lowest BCUT2D eigenvalue weighted by atomic mass is 10.1. The van der Waals surface area contributed by atoms with Crippen LogP contribution in [0.5, 0.6) is 11.5 Å². The summed E-state index contributed by atoms with van der Waals surface area (Å²) in [6.07, 6.45) is 2.92. The van der Waals surface area contributed by atoms with Gasteiger partial charge in [0, 0.05) is 17.8 Å². The number of rotatable bonds is 4. The van der Waals surface area contributed by atoms with Gasteiger partial charge >= 0.3 is 0 Å². The van der Waals surface area contributed by atoms with E-state index in [4.69, 9.17) is 9.47 Å². The fourth-order valence-corrected chi connectivity index (χ4v) is 1.74. The van der Waals surface area contributed by atoms with Crippen LogP contribution in [0.2, 0.25) is 0 Å². The third kappa shape index (κ3) is 2.00. The summed E-state index contributed by atoms with van der Waals surface area (Å²) in [6, 6.07) is 5.15. The Morgan fingerprint density at radius 2 is 1.94 bits per heavy atom. The topological polar surface area (TPSA) is 77.4 Å². The molecule has 1 heterocycles. The van der Waals surface area contributed by atoms with E-state index in [1.54, 1.807) is 31.5 Å². The smallest absolute Gasteiger partial charge is 0.294 e. The van der Waals surface area contributed by atoms with Gasteiger partial charge in [-0.2, -0.15) is 0 Å². The van der Waals surface area contributed by atoms with Crippen molar-refractivity contribution in [2.45, 2.75) is 0 Å². The number of nitro groups is 1. The second kappa shape index (κ2) is 4.79. The summed E-state index contributed by atoms with van der Waals surface area (Å²) in [5, 5.41) is 10.9. The standard InChI is InChI=1S/C12H12N2O4/c1-17-8-3-4-9(12(5-8)18-2)10-6-13-7-11(10)14(15)16/h3-7,13H,1-2H3. The lowest BCUT2D eigenvalue weighted by Crippen LogP contribution is -1.92. The average molecular weight is 248 g/mol. The van der Waals surface area contributed by atoms with Gasteiger partial charge in [0.2, 0.25) is 0 Å². The van der Waals surface area contributed by atoms with Crippen LogP contribution in [0, 0.1) is 10.1 Å². The molecule has 0 saturated heterocycles. The molecule has 2 aromatic rings. The maximum atomic E-state index is 10.9. The Labute approximate surface area is 103 Å². The molecule has 0 amide bonds. The Kier molecular flexibility index (Phi) is 3.18. The van der Waals surface area contributed by atoms with Crippen LogP contribution in [0.15, 0.2) is 30.6 Å². The molecular weight excluding hydrogens is 236 g/mol. The molecule has 0 fully saturated rings. The highest BCUT2D eigenvalue weighted by atomic mass is 16.6. The summed E-state index contributed by atoms with van der Waals surface area (Å²) in [4.78, 5) is 13.2. The van der Waals surface area contributed by atoms with Crippen LogP contribution in [-0.2, 0) is 0 Å². The average Bonchev–Trinajstić information content (AvgIpc) is 2.87. The van der Waals surface area contributed by atoms with Crippen LogP contribution in [-0.4, -0.2) is 24.1 Å². The van der Waals surface area contributed by atoms with Gasteiger partial charge in [-0.25, -0.2) is 0 Å². The Morgan fingerprint density at radius 3 is 2.56 bits per heavy atom. The van der Waals surface area contributed by atoms with Crippen molar-refractivity contribution in [1.82, 2.24) is 4.98 Å². The molecular formula is C12H12N2O4. The molecule has 6 nitrogen and oxygen atoms in total. The van der Waals surface area contributed by atoms with Crippen LogP contribution in [0.4, 0.5) is 5.69 Å². The maximum Gasteiger partial charge on any atom is 0.294 e. The first-order chi connectivity index (χ1) is 8.67. The van der Waals surface area contributed by atoms with E-state index in [1.807, 2.05) is 0 Å². The fourth-order valence-electron chi connectivity index (χ4n) is 1.74. The highest BCUT2D eigenvalue weighted by Gasteiger charge is 2.19. The van der Waals surface area contributed by atoms with E-state index in [0.29, 0.717) is 22.6 Å². The number of H-pyrrole nitrogens is 1. The van der Waals surface area contributed by atoms with Crippen LogP contribution in [0.25, 0.3) is 11.1 Å². The van der Waals surface area contributed by atoms with E-state index in [-0.39, 0.29) is 5.69 Å². The third-order valence-corrected chi connectivity index (χ3v) is 2.62. The molecule has 0 aliphatic heterocycles. The molecule has 0 saturated carbocycles. The molecule has 0 bridgehead atoms. The second-order valence-electron chi connectivity index (χ2n) is 3.58. The lowest BCUT2D eigenvalue weighted by Gasteiger charge is -2.08. The van der Waals surface area contributed by atoms with E-state index in [2.05, 4.69) is 4.98 Å². The number of ether oxygens (including phenoxy) is 2. The molecule has 6 heteroatoms. The van der Waals surface area contributed by atoms with Crippen molar-refractivity contribution in [3.63, 3.8) is 0 Å². The Morgan fingerprint density at radius 1 is 1.17 bits per heavy atom. The molecule has 2 rings (SSSR count). The molecule has 0 aliphatic rings. The van der Waals surface area contributed by atoms with Gasteiger partial charge in [0.1, 0.15) is 11.5 Å². The number of aromatic nitrogens is 1. The Bertz CT molecular complexity index is 577. The first kappa shape index (κ1) is 12.0. The number of aromatic amines is 1. The largest absolute Gasteiger partial charge is 0.497 e. The summed E-state index contributed by atoms with van der Waals surface area (Å²) >= 11 is 0. The predicted molar refractivity (Wildman–Crippen MR) is 66.0 cm³/mol. The minimum Gasteiger partial charge on any atom is -0.497 e. The van der Waals surface area contributed by atoms with E-state index >= 15 is 0 Å². The number of benzene rings is 1. The molecule has 94 valence electrons. The van der Waals surface area contributed by atoms with Gasteiger partial charge in [-0.05, 0) is 12.1 Å². The van der Waals surface area contributed by atoms with E-state index in [9.17, 15) is 10.1 Å². The third-order valence-electron chi connectivity index (χ3n) is 2.62. The monoisotopic (exact) mass is 248 g/mol. The summed E-state index contributed by atoms with van der Waals surface area (Å²) < 4.78 is 10.3. The number of nitrogens with zero attached hydrogens (tertiary/aromatic N) is 1. The van der Waals surface area contributed by atoms with E-state index in [0.717, 1.165) is 0 Å². The summed E-state index contributed by atoms with van der Waals surface area (Å²) in [6.45, 7) is 0.